The topological polar surface area (TPSA) is 46.2 Å². The highest BCUT2D eigenvalue weighted by molar-refractivity contribution is 5.27. The predicted octanol–water partition coefficient (Wildman–Crippen LogP) is 2.70. The zero-order valence-corrected chi connectivity index (χ0v) is 9.89. The van der Waals surface area contributed by atoms with Gasteiger partial charge in [-0.1, -0.05) is 19.1 Å². The van der Waals surface area contributed by atoms with Crippen molar-refractivity contribution in [1.29, 1.82) is 0 Å². The van der Waals surface area contributed by atoms with Crippen molar-refractivity contribution >= 4 is 0 Å². The summed E-state index contributed by atoms with van der Waals surface area (Å²) in [5.74, 6) is 1.72. The van der Waals surface area contributed by atoms with Crippen LogP contribution in [0.5, 0.6) is 5.75 Å². The summed E-state index contributed by atoms with van der Waals surface area (Å²) in [5.41, 5.74) is 7.37. The van der Waals surface area contributed by atoms with E-state index in [1.165, 1.54) is 18.4 Å². The summed E-state index contributed by atoms with van der Waals surface area (Å²) < 4.78 is 0. The van der Waals surface area contributed by atoms with E-state index in [0.717, 1.165) is 18.8 Å². The van der Waals surface area contributed by atoms with Crippen LogP contribution >= 0.6 is 0 Å². The number of phenols is 1. The SMILES string of the molecule is CC1CCC(N)C(Cc2cccc(O)c2)C1. The lowest BCUT2D eigenvalue weighted by molar-refractivity contribution is 0.244. The lowest BCUT2D eigenvalue weighted by Gasteiger charge is -2.32. The Hall–Kier alpha value is -1.02. The van der Waals surface area contributed by atoms with Gasteiger partial charge in [0, 0.05) is 6.04 Å². The van der Waals surface area contributed by atoms with Crippen molar-refractivity contribution in [2.75, 3.05) is 0 Å². The van der Waals surface area contributed by atoms with Gasteiger partial charge in [-0.2, -0.15) is 0 Å². The molecular weight excluding hydrogens is 198 g/mol. The van der Waals surface area contributed by atoms with Gasteiger partial charge in [-0.3, -0.25) is 0 Å². The van der Waals surface area contributed by atoms with Crippen LogP contribution in [0.2, 0.25) is 0 Å². The molecule has 0 bridgehead atoms. The molecule has 3 atom stereocenters. The Morgan fingerprint density at radius 1 is 1.38 bits per heavy atom. The summed E-state index contributed by atoms with van der Waals surface area (Å²) in [6.45, 7) is 2.31. The molecule has 1 aromatic rings. The standard InChI is InChI=1S/C14H21NO/c1-10-5-6-14(15)12(7-10)8-11-3-2-4-13(16)9-11/h2-4,9-10,12,14,16H,5-8,15H2,1H3. The highest BCUT2D eigenvalue weighted by atomic mass is 16.3. The molecule has 2 nitrogen and oxygen atoms in total. The monoisotopic (exact) mass is 219 g/mol. The van der Waals surface area contributed by atoms with Gasteiger partial charge in [0.1, 0.15) is 5.75 Å². The lowest BCUT2D eigenvalue weighted by atomic mass is 9.76. The number of phenolic OH excluding ortho intramolecular Hbond substituents is 1. The van der Waals surface area contributed by atoms with E-state index in [9.17, 15) is 5.11 Å². The molecule has 2 heteroatoms. The normalized spacial score (nSPS) is 30.2. The number of hydrogen-bond donors (Lipinski definition) is 2. The summed E-state index contributed by atoms with van der Waals surface area (Å²) in [4.78, 5) is 0. The molecule has 3 N–H and O–H groups in total. The van der Waals surface area contributed by atoms with Crippen molar-refractivity contribution < 1.29 is 5.11 Å². The third-order valence-electron chi connectivity index (χ3n) is 3.71. The fraction of sp³-hybridized carbons (Fsp3) is 0.571. The molecule has 0 spiro atoms. The Bertz CT molecular complexity index is 350. The number of nitrogens with two attached hydrogens (primary N) is 1. The van der Waals surface area contributed by atoms with Crippen molar-refractivity contribution in [3.05, 3.63) is 29.8 Å². The van der Waals surface area contributed by atoms with Gasteiger partial charge in [0.05, 0.1) is 0 Å². The second-order valence-corrected chi connectivity index (χ2v) is 5.22. The van der Waals surface area contributed by atoms with Crippen LogP contribution in [0.4, 0.5) is 0 Å². The molecule has 0 heterocycles. The van der Waals surface area contributed by atoms with Crippen LogP contribution in [0.1, 0.15) is 31.7 Å². The average molecular weight is 219 g/mol. The molecule has 16 heavy (non-hydrogen) atoms. The molecule has 0 radical (unpaired) electrons. The Morgan fingerprint density at radius 3 is 2.94 bits per heavy atom. The van der Waals surface area contributed by atoms with E-state index in [1.54, 1.807) is 6.07 Å². The van der Waals surface area contributed by atoms with E-state index in [1.807, 2.05) is 12.1 Å². The van der Waals surface area contributed by atoms with Crippen LogP contribution in [0.25, 0.3) is 0 Å². The molecule has 1 fully saturated rings. The maximum absolute atomic E-state index is 9.43. The maximum atomic E-state index is 9.43. The van der Waals surface area contributed by atoms with Crippen molar-refractivity contribution in [2.45, 2.75) is 38.6 Å². The molecule has 88 valence electrons. The maximum Gasteiger partial charge on any atom is 0.115 e. The van der Waals surface area contributed by atoms with Gasteiger partial charge in [-0.15, -0.1) is 0 Å². The Morgan fingerprint density at radius 2 is 2.19 bits per heavy atom. The van der Waals surface area contributed by atoms with Crippen molar-refractivity contribution in [2.24, 2.45) is 17.6 Å². The third kappa shape index (κ3) is 2.76. The molecule has 1 saturated carbocycles. The summed E-state index contributed by atoms with van der Waals surface area (Å²) in [6.07, 6.45) is 4.62. The third-order valence-corrected chi connectivity index (χ3v) is 3.71. The van der Waals surface area contributed by atoms with Crippen LogP contribution in [-0.2, 0) is 6.42 Å². The molecule has 1 aliphatic carbocycles. The lowest BCUT2D eigenvalue weighted by Crippen LogP contribution is -2.36. The molecule has 0 aromatic heterocycles. The van der Waals surface area contributed by atoms with Gasteiger partial charge in [0.2, 0.25) is 0 Å². The number of aromatic hydroxyl groups is 1. The van der Waals surface area contributed by atoms with Crippen LogP contribution in [0, 0.1) is 11.8 Å². The van der Waals surface area contributed by atoms with Gasteiger partial charge in [0.15, 0.2) is 0 Å². The molecular formula is C14H21NO. The van der Waals surface area contributed by atoms with E-state index in [4.69, 9.17) is 5.73 Å². The zero-order chi connectivity index (χ0) is 11.5. The first-order chi connectivity index (χ1) is 7.65. The zero-order valence-electron chi connectivity index (χ0n) is 9.89. The van der Waals surface area contributed by atoms with E-state index < -0.39 is 0 Å². The van der Waals surface area contributed by atoms with Crippen molar-refractivity contribution in [3.8, 4) is 5.75 Å². The van der Waals surface area contributed by atoms with E-state index in [2.05, 4.69) is 13.0 Å². The fourth-order valence-corrected chi connectivity index (χ4v) is 2.74. The fourth-order valence-electron chi connectivity index (χ4n) is 2.74. The molecule has 0 saturated heterocycles. The minimum Gasteiger partial charge on any atom is -0.508 e. The average Bonchev–Trinajstić information content (AvgIpc) is 2.24. The number of benzene rings is 1. The van der Waals surface area contributed by atoms with Crippen LogP contribution < -0.4 is 5.73 Å². The minimum absolute atomic E-state index is 0.332. The molecule has 0 aliphatic heterocycles. The second kappa shape index (κ2) is 4.88. The molecule has 0 amide bonds. The summed E-state index contributed by atoms with van der Waals surface area (Å²) >= 11 is 0. The molecule has 3 unspecified atom stereocenters. The summed E-state index contributed by atoms with van der Waals surface area (Å²) in [5, 5.41) is 9.43. The van der Waals surface area contributed by atoms with E-state index >= 15 is 0 Å². The quantitative estimate of drug-likeness (QED) is 0.803. The molecule has 2 rings (SSSR count). The van der Waals surface area contributed by atoms with Crippen LogP contribution in [-0.4, -0.2) is 11.1 Å². The Balaban J connectivity index is 2.02. The molecule has 1 aliphatic rings. The van der Waals surface area contributed by atoms with E-state index in [-0.39, 0.29) is 0 Å². The van der Waals surface area contributed by atoms with Crippen molar-refractivity contribution in [1.82, 2.24) is 0 Å². The van der Waals surface area contributed by atoms with Gasteiger partial charge >= 0.3 is 0 Å². The Labute approximate surface area is 97.5 Å². The molecule has 1 aromatic carbocycles. The number of rotatable bonds is 2. The highest BCUT2D eigenvalue weighted by Crippen LogP contribution is 2.30. The summed E-state index contributed by atoms with van der Waals surface area (Å²) in [6, 6.07) is 7.88. The van der Waals surface area contributed by atoms with Gasteiger partial charge in [-0.25, -0.2) is 0 Å². The van der Waals surface area contributed by atoms with Crippen molar-refractivity contribution in [3.63, 3.8) is 0 Å². The van der Waals surface area contributed by atoms with Crippen LogP contribution in [0.3, 0.4) is 0 Å². The van der Waals surface area contributed by atoms with Crippen LogP contribution in [0.15, 0.2) is 24.3 Å². The van der Waals surface area contributed by atoms with Gasteiger partial charge in [0.25, 0.3) is 0 Å². The number of hydrogen-bond acceptors (Lipinski definition) is 2. The largest absolute Gasteiger partial charge is 0.508 e. The first kappa shape index (κ1) is 11.5. The second-order valence-electron chi connectivity index (χ2n) is 5.22. The predicted molar refractivity (Wildman–Crippen MR) is 66.3 cm³/mol. The summed E-state index contributed by atoms with van der Waals surface area (Å²) in [7, 11) is 0. The minimum atomic E-state index is 0.332. The van der Waals surface area contributed by atoms with Gasteiger partial charge in [-0.05, 0) is 55.2 Å². The first-order valence-electron chi connectivity index (χ1n) is 6.18. The first-order valence-corrected chi connectivity index (χ1v) is 6.18. The smallest absolute Gasteiger partial charge is 0.115 e. The Kier molecular flexibility index (Phi) is 3.49. The van der Waals surface area contributed by atoms with E-state index in [0.29, 0.717) is 17.7 Å². The highest BCUT2D eigenvalue weighted by Gasteiger charge is 2.25. The van der Waals surface area contributed by atoms with Gasteiger partial charge < -0.3 is 10.8 Å².